The van der Waals surface area contributed by atoms with Gasteiger partial charge in [0.2, 0.25) is 0 Å². The molecule has 0 aliphatic carbocycles. The first-order valence-electron chi connectivity index (χ1n) is 8.44. The Hall–Kier alpha value is -2.78. The molecule has 1 aliphatic heterocycles. The third-order valence-electron chi connectivity index (χ3n) is 4.53. The highest BCUT2D eigenvalue weighted by molar-refractivity contribution is 7.99. The number of carbonyl (C=O) groups is 1. The van der Waals surface area contributed by atoms with Crippen molar-refractivity contribution in [2.75, 3.05) is 0 Å². The quantitative estimate of drug-likeness (QED) is 0.453. The number of benzene rings is 3. The normalized spacial score (nSPS) is 14.0. The zero-order valence-corrected chi connectivity index (χ0v) is 15.3. The smallest absolute Gasteiger partial charge is 0.334 e. The van der Waals surface area contributed by atoms with Crippen molar-refractivity contribution in [1.82, 2.24) is 0 Å². The van der Waals surface area contributed by atoms with Crippen LogP contribution in [0.2, 0.25) is 0 Å². The summed E-state index contributed by atoms with van der Waals surface area (Å²) in [7, 11) is 0. The van der Waals surface area contributed by atoms with Crippen LogP contribution < -0.4 is 0 Å². The predicted octanol–water partition coefficient (Wildman–Crippen LogP) is 5.56. The molecule has 0 radical (unpaired) electrons. The van der Waals surface area contributed by atoms with Gasteiger partial charge in [0.15, 0.2) is 5.60 Å². The molecule has 0 fully saturated rings. The number of carbonyl (C=O) groups excluding carboxylic acids is 1. The Morgan fingerprint density at radius 2 is 1.35 bits per heavy atom. The van der Waals surface area contributed by atoms with E-state index in [1.807, 2.05) is 66.7 Å². The van der Waals surface area contributed by atoms with Crippen molar-refractivity contribution in [2.24, 2.45) is 0 Å². The van der Waals surface area contributed by atoms with Crippen LogP contribution >= 0.6 is 11.8 Å². The fourth-order valence-electron chi connectivity index (χ4n) is 3.34. The van der Waals surface area contributed by atoms with Crippen molar-refractivity contribution in [3.63, 3.8) is 0 Å². The molecule has 0 saturated heterocycles. The van der Waals surface area contributed by atoms with Gasteiger partial charge >= 0.3 is 5.97 Å². The van der Waals surface area contributed by atoms with Gasteiger partial charge in [-0.15, -0.1) is 0 Å². The number of ether oxygens (including phenoxy) is 1. The molecule has 3 aromatic carbocycles. The molecule has 2 nitrogen and oxygen atoms in total. The lowest BCUT2D eigenvalue weighted by atomic mass is 9.79. The van der Waals surface area contributed by atoms with Crippen LogP contribution in [-0.2, 0) is 15.1 Å². The minimum absolute atomic E-state index is 0.383. The fraction of sp³-hybridized carbons (Fsp3) is 0.0870. The minimum atomic E-state index is -0.990. The van der Waals surface area contributed by atoms with E-state index >= 15 is 0 Å². The third kappa shape index (κ3) is 2.56. The number of rotatable bonds is 3. The molecule has 0 spiro atoms. The maximum atomic E-state index is 12.7. The molecule has 0 bridgehead atoms. The average molecular weight is 358 g/mol. The zero-order chi connectivity index (χ0) is 18.1. The second kappa shape index (κ2) is 6.50. The van der Waals surface area contributed by atoms with E-state index in [1.54, 1.807) is 18.7 Å². The van der Waals surface area contributed by atoms with Gasteiger partial charge in [0.25, 0.3) is 0 Å². The van der Waals surface area contributed by atoms with Gasteiger partial charge in [0, 0.05) is 32.1 Å². The Labute approximate surface area is 157 Å². The van der Waals surface area contributed by atoms with Crippen molar-refractivity contribution in [3.8, 4) is 0 Å². The minimum Gasteiger partial charge on any atom is -0.441 e. The lowest BCUT2D eigenvalue weighted by molar-refractivity contribution is -0.148. The van der Waals surface area contributed by atoms with Gasteiger partial charge in [-0.05, 0) is 19.1 Å². The van der Waals surface area contributed by atoms with Gasteiger partial charge < -0.3 is 4.74 Å². The summed E-state index contributed by atoms with van der Waals surface area (Å²) in [6.45, 7) is 5.45. The van der Waals surface area contributed by atoms with Gasteiger partial charge in [0.05, 0.1) is 0 Å². The van der Waals surface area contributed by atoms with Crippen LogP contribution in [-0.4, -0.2) is 5.97 Å². The van der Waals surface area contributed by atoms with E-state index < -0.39 is 11.6 Å². The van der Waals surface area contributed by atoms with Crippen molar-refractivity contribution < 1.29 is 9.53 Å². The summed E-state index contributed by atoms with van der Waals surface area (Å²) in [5.41, 5.74) is 2.27. The molecule has 1 aliphatic rings. The van der Waals surface area contributed by atoms with Crippen LogP contribution in [0.4, 0.5) is 0 Å². The first-order valence-corrected chi connectivity index (χ1v) is 9.26. The second-order valence-corrected chi connectivity index (χ2v) is 7.40. The van der Waals surface area contributed by atoms with Crippen molar-refractivity contribution in [2.45, 2.75) is 22.3 Å². The molecule has 3 aromatic rings. The second-order valence-electron chi connectivity index (χ2n) is 6.31. The Morgan fingerprint density at radius 3 is 1.88 bits per heavy atom. The molecule has 128 valence electrons. The molecular formula is C23H18O2S. The van der Waals surface area contributed by atoms with E-state index in [4.69, 9.17) is 4.74 Å². The largest absolute Gasteiger partial charge is 0.441 e. The monoisotopic (exact) mass is 358 g/mol. The summed E-state index contributed by atoms with van der Waals surface area (Å²) in [6, 6.07) is 26.1. The summed E-state index contributed by atoms with van der Waals surface area (Å²) in [4.78, 5) is 14.9. The molecule has 0 amide bonds. The molecule has 0 unspecified atom stereocenters. The van der Waals surface area contributed by atoms with Crippen LogP contribution in [0.15, 0.2) is 101 Å². The van der Waals surface area contributed by atoms with Crippen LogP contribution in [0, 0.1) is 0 Å². The van der Waals surface area contributed by atoms with E-state index in [1.165, 1.54) is 0 Å². The zero-order valence-electron chi connectivity index (χ0n) is 14.4. The maximum Gasteiger partial charge on any atom is 0.334 e. The van der Waals surface area contributed by atoms with Crippen LogP contribution in [0.25, 0.3) is 0 Å². The van der Waals surface area contributed by atoms with Crippen molar-refractivity contribution in [1.29, 1.82) is 0 Å². The SMILES string of the molecule is C=C(C)C(=O)OC1(c2ccccc2)c2ccccc2Sc2ccccc21. The van der Waals surface area contributed by atoms with E-state index in [0.29, 0.717) is 5.57 Å². The lowest BCUT2D eigenvalue weighted by Gasteiger charge is -2.40. The van der Waals surface area contributed by atoms with Crippen molar-refractivity contribution >= 4 is 17.7 Å². The topological polar surface area (TPSA) is 26.3 Å². The van der Waals surface area contributed by atoms with Crippen LogP contribution in [0.5, 0.6) is 0 Å². The van der Waals surface area contributed by atoms with Gasteiger partial charge in [-0.3, -0.25) is 0 Å². The molecule has 1 heterocycles. The van der Waals surface area contributed by atoms with E-state index in [0.717, 1.165) is 26.5 Å². The molecular weight excluding hydrogens is 340 g/mol. The highest BCUT2D eigenvalue weighted by Crippen LogP contribution is 2.53. The summed E-state index contributed by atoms with van der Waals surface area (Å²) >= 11 is 1.70. The first-order chi connectivity index (χ1) is 12.6. The van der Waals surface area contributed by atoms with Crippen LogP contribution in [0.1, 0.15) is 23.6 Å². The Kier molecular flexibility index (Phi) is 4.17. The highest BCUT2D eigenvalue weighted by atomic mass is 32.2. The molecule has 0 atom stereocenters. The summed E-state index contributed by atoms with van der Waals surface area (Å²) < 4.78 is 6.23. The molecule has 3 heteroatoms. The third-order valence-corrected chi connectivity index (χ3v) is 5.68. The number of hydrogen-bond donors (Lipinski definition) is 0. The van der Waals surface area contributed by atoms with E-state index in [2.05, 4.69) is 18.7 Å². The van der Waals surface area contributed by atoms with Gasteiger partial charge in [-0.1, -0.05) is 85.1 Å². The Bertz CT molecular complexity index is 946. The maximum absolute atomic E-state index is 12.7. The summed E-state index contributed by atoms with van der Waals surface area (Å²) in [6.07, 6.45) is 0. The standard InChI is InChI=1S/C23H18O2S/c1-16(2)22(24)25-23(17-10-4-3-5-11-17)18-12-6-8-14-20(18)26-21-15-9-7-13-19(21)23/h3-15H,1H2,2H3. The molecule has 0 aromatic heterocycles. The Balaban J connectivity index is 2.07. The predicted molar refractivity (Wildman–Crippen MR) is 104 cm³/mol. The van der Waals surface area contributed by atoms with E-state index in [-0.39, 0.29) is 0 Å². The van der Waals surface area contributed by atoms with Gasteiger partial charge in [-0.2, -0.15) is 0 Å². The molecule has 0 saturated carbocycles. The van der Waals surface area contributed by atoms with E-state index in [9.17, 15) is 4.79 Å². The summed E-state index contributed by atoms with van der Waals surface area (Å²) in [5, 5.41) is 0. The molecule has 0 N–H and O–H groups in total. The van der Waals surface area contributed by atoms with Gasteiger partial charge in [0.1, 0.15) is 0 Å². The van der Waals surface area contributed by atoms with Crippen molar-refractivity contribution in [3.05, 3.63) is 108 Å². The fourth-order valence-corrected chi connectivity index (χ4v) is 4.51. The first kappa shape index (κ1) is 16.7. The average Bonchev–Trinajstić information content (AvgIpc) is 2.68. The van der Waals surface area contributed by atoms with Crippen LogP contribution in [0.3, 0.4) is 0 Å². The highest BCUT2D eigenvalue weighted by Gasteiger charge is 2.46. The number of fused-ring (bicyclic) bond motifs is 2. The van der Waals surface area contributed by atoms with Gasteiger partial charge in [-0.25, -0.2) is 4.79 Å². The summed E-state index contributed by atoms with van der Waals surface area (Å²) in [5.74, 6) is -0.398. The Morgan fingerprint density at radius 1 is 0.846 bits per heavy atom. The number of hydrogen-bond acceptors (Lipinski definition) is 3. The lowest BCUT2D eigenvalue weighted by Crippen LogP contribution is -2.38. The number of esters is 1. The molecule has 4 rings (SSSR count). The molecule has 26 heavy (non-hydrogen) atoms.